The van der Waals surface area contributed by atoms with Crippen molar-refractivity contribution in [2.24, 2.45) is 0 Å². The van der Waals surface area contributed by atoms with Crippen LogP contribution in [0.1, 0.15) is 27.6 Å². The molecule has 96 valence electrons. The molecule has 2 aromatic carbocycles. The van der Waals surface area contributed by atoms with E-state index < -0.39 is 0 Å². The lowest BCUT2D eigenvalue weighted by molar-refractivity contribution is 0.101. The van der Waals surface area contributed by atoms with Crippen LogP contribution in [-0.2, 0) is 0 Å². The molecule has 0 aromatic heterocycles. The van der Waals surface area contributed by atoms with Crippen molar-refractivity contribution in [2.45, 2.75) is 6.92 Å². The molecule has 0 atom stereocenters. The number of para-hydroxylation sites is 1. The first kappa shape index (κ1) is 12.8. The first-order valence-corrected chi connectivity index (χ1v) is 5.85. The van der Waals surface area contributed by atoms with Gasteiger partial charge in [0.25, 0.3) is 5.91 Å². The third-order valence-corrected chi connectivity index (χ3v) is 2.75. The molecule has 0 saturated heterocycles. The zero-order valence-electron chi connectivity index (χ0n) is 10.5. The third kappa shape index (κ3) is 2.98. The van der Waals surface area contributed by atoms with Gasteiger partial charge in [0, 0.05) is 16.9 Å². The average Bonchev–Trinajstić information content (AvgIpc) is 2.39. The van der Waals surface area contributed by atoms with Crippen LogP contribution in [0, 0.1) is 0 Å². The SMILES string of the molecule is CC(=O)c1ccc(NC(=O)c2ccccc2N)cc1. The minimum absolute atomic E-state index is 0.00909. The van der Waals surface area contributed by atoms with Gasteiger partial charge in [-0.15, -0.1) is 0 Å². The maximum atomic E-state index is 12.0. The van der Waals surface area contributed by atoms with Gasteiger partial charge in [-0.1, -0.05) is 12.1 Å². The van der Waals surface area contributed by atoms with Crippen LogP contribution in [0.4, 0.5) is 11.4 Å². The molecule has 0 spiro atoms. The van der Waals surface area contributed by atoms with Crippen molar-refractivity contribution < 1.29 is 9.59 Å². The van der Waals surface area contributed by atoms with Crippen LogP contribution in [0.5, 0.6) is 0 Å². The topological polar surface area (TPSA) is 72.2 Å². The second-order valence-corrected chi connectivity index (χ2v) is 4.17. The van der Waals surface area contributed by atoms with Gasteiger partial charge >= 0.3 is 0 Å². The van der Waals surface area contributed by atoms with Gasteiger partial charge in [0.2, 0.25) is 0 Å². The Balaban J connectivity index is 2.15. The van der Waals surface area contributed by atoms with Crippen LogP contribution in [0.3, 0.4) is 0 Å². The molecule has 4 nitrogen and oxygen atoms in total. The van der Waals surface area contributed by atoms with E-state index in [-0.39, 0.29) is 11.7 Å². The number of rotatable bonds is 3. The van der Waals surface area contributed by atoms with E-state index in [1.807, 2.05) is 0 Å². The van der Waals surface area contributed by atoms with E-state index in [1.54, 1.807) is 48.5 Å². The van der Waals surface area contributed by atoms with Crippen LogP contribution in [0.15, 0.2) is 48.5 Å². The van der Waals surface area contributed by atoms with Gasteiger partial charge in [-0.2, -0.15) is 0 Å². The first-order chi connectivity index (χ1) is 9.08. The third-order valence-electron chi connectivity index (χ3n) is 2.75. The van der Waals surface area contributed by atoms with Crippen molar-refractivity contribution in [3.05, 3.63) is 59.7 Å². The summed E-state index contributed by atoms with van der Waals surface area (Å²) in [5.74, 6) is -0.279. The zero-order chi connectivity index (χ0) is 13.8. The Morgan fingerprint density at radius 2 is 1.63 bits per heavy atom. The molecule has 0 radical (unpaired) electrons. The maximum absolute atomic E-state index is 12.0. The Hall–Kier alpha value is -2.62. The number of anilines is 2. The number of amides is 1. The molecule has 19 heavy (non-hydrogen) atoms. The second kappa shape index (κ2) is 5.35. The Kier molecular flexibility index (Phi) is 3.61. The fourth-order valence-electron chi connectivity index (χ4n) is 1.69. The van der Waals surface area contributed by atoms with Crippen molar-refractivity contribution >= 4 is 23.1 Å². The summed E-state index contributed by atoms with van der Waals surface area (Å²) in [7, 11) is 0. The quantitative estimate of drug-likeness (QED) is 0.653. The molecule has 0 fully saturated rings. The van der Waals surface area contributed by atoms with Crippen LogP contribution in [-0.4, -0.2) is 11.7 Å². The minimum atomic E-state index is -0.270. The van der Waals surface area contributed by atoms with Gasteiger partial charge < -0.3 is 11.1 Å². The van der Waals surface area contributed by atoms with Crippen LogP contribution in [0.25, 0.3) is 0 Å². The van der Waals surface area contributed by atoms with Crippen molar-refractivity contribution in [3.8, 4) is 0 Å². The minimum Gasteiger partial charge on any atom is -0.398 e. The number of carbonyl (C=O) groups is 2. The summed E-state index contributed by atoms with van der Waals surface area (Å²) in [6.07, 6.45) is 0. The summed E-state index contributed by atoms with van der Waals surface area (Å²) in [6.45, 7) is 1.50. The second-order valence-electron chi connectivity index (χ2n) is 4.17. The van der Waals surface area contributed by atoms with E-state index in [0.717, 1.165) is 0 Å². The number of carbonyl (C=O) groups excluding carboxylic acids is 2. The fraction of sp³-hybridized carbons (Fsp3) is 0.0667. The van der Waals surface area contributed by atoms with E-state index in [9.17, 15) is 9.59 Å². The molecule has 2 aromatic rings. The molecule has 3 N–H and O–H groups in total. The summed E-state index contributed by atoms with van der Waals surface area (Å²) in [4.78, 5) is 23.1. The lowest BCUT2D eigenvalue weighted by Gasteiger charge is -2.07. The molecule has 0 unspecified atom stereocenters. The number of nitrogen functional groups attached to an aromatic ring is 1. The predicted octanol–water partition coefficient (Wildman–Crippen LogP) is 2.72. The molecule has 0 heterocycles. The van der Waals surface area contributed by atoms with Gasteiger partial charge in [-0.25, -0.2) is 0 Å². The van der Waals surface area contributed by atoms with E-state index in [4.69, 9.17) is 5.73 Å². The normalized spacial score (nSPS) is 9.95. The summed E-state index contributed by atoms with van der Waals surface area (Å²) >= 11 is 0. The van der Waals surface area contributed by atoms with Crippen LogP contribution in [0.2, 0.25) is 0 Å². The number of hydrogen-bond donors (Lipinski definition) is 2. The highest BCUT2D eigenvalue weighted by molar-refractivity contribution is 6.07. The molecular weight excluding hydrogens is 240 g/mol. The van der Waals surface area contributed by atoms with Crippen molar-refractivity contribution in [1.82, 2.24) is 0 Å². The number of ketones is 1. The van der Waals surface area contributed by atoms with E-state index in [1.165, 1.54) is 6.92 Å². The molecule has 0 aliphatic rings. The Bertz CT molecular complexity index is 618. The Morgan fingerprint density at radius 1 is 1.00 bits per heavy atom. The van der Waals surface area contributed by atoms with Gasteiger partial charge in [-0.3, -0.25) is 9.59 Å². The monoisotopic (exact) mass is 254 g/mol. The summed E-state index contributed by atoms with van der Waals surface area (Å²) < 4.78 is 0. The number of hydrogen-bond acceptors (Lipinski definition) is 3. The lowest BCUT2D eigenvalue weighted by atomic mass is 10.1. The first-order valence-electron chi connectivity index (χ1n) is 5.85. The van der Waals surface area contributed by atoms with Crippen LogP contribution >= 0.6 is 0 Å². The number of nitrogens with one attached hydrogen (secondary N) is 1. The van der Waals surface area contributed by atoms with Crippen LogP contribution < -0.4 is 11.1 Å². The molecule has 0 aliphatic heterocycles. The Morgan fingerprint density at radius 3 is 2.21 bits per heavy atom. The largest absolute Gasteiger partial charge is 0.398 e. The highest BCUT2D eigenvalue weighted by Gasteiger charge is 2.09. The Labute approximate surface area is 111 Å². The highest BCUT2D eigenvalue weighted by atomic mass is 16.1. The van der Waals surface area contributed by atoms with Gasteiger partial charge in [0.1, 0.15) is 0 Å². The predicted molar refractivity (Wildman–Crippen MR) is 75.3 cm³/mol. The molecule has 0 bridgehead atoms. The van der Waals surface area contributed by atoms with E-state index in [2.05, 4.69) is 5.32 Å². The van der Waals surface area contributed by atoms with E-state index in [0.29, 0.717) is 22.5 Å². The maximum Gasteiger partial charge on any atom is 0.257 e. The number of benzene rings is 2. The number of nitrogens with two attached hydrogens (primary N) is 1. The molecule has 2 rings (SSSR count). The van der Waals surface area contributed by atoms with Crippen molar-refractivity contribution in [2.75, 3.05) is 11.1 Å². The number of Topliss-reactive ketones (excluding diaryl/α,β-unsaturated/α-hetero) is 1. The summed E-state index contributed by atoms with van der Waals surface area (Å²) in [5, 5.41) is 2.73. The van der Waals surface area contributed by atoms with Gasteiger partial charge in [-0.05, 0) is 43.3 Å². The molecule has 1 amide bonds. The highest BCUT2D eigenvalue weighted by Crippen LogP contribution is 2.15. The van der Waals surface area contributed by atoms with Gasteiger partial charge in [0.05, 0.1) is 5.56 Å². The standard InChI is InChI=1S/C15H14N2O2/c1-10(18)11-6-8-12(9-7-11)17-15(19)13-4-2-3-5-14(13)16/h2-9H,16H2,1H3,(H,17,19). The van der Waals surface area contributed by atoms with E-state index >= 15 is 0 Å². The average molecular weight is 254 g/mol. The lowest BCUT2D eigenvalue weighted by Crippen LogP contribution is -2.13. The fourth-order valence-corrected chi connectivity index (χ4v) is 1.69. The smallest absolute Gasteiger partial charge is 0.257 e. The summed E-state index contributed by atoms with van der Waals surface area (Å²) in [5.41, 5.74) is 7.83. The molecular formula is C15H14N2O2. The van der Waals surface area contributed by atoms with Gasteiger partial charge in [0.15, 0.2) is 5.78 Å². The van der Waals surface area contributed by atoms with Crippen molar-refractivity contribution in [1.29, 1.82) is 0 Å². The molecule has 0 saturated carbocycles. The molecule has 4 heteroatoms. The summed E-state index contributed by atoms with van der Waals surface area (Å²) in [6, 6.07) is 13.6. The van der Waals surface area contributed by atoms with Crippen molar-refractivity contribution in [3.63, 3.8) is 0 Å². The molecule has 0 aliphatic carbocycles. The zero-order valence-corrected chi connectivity index (χ0v) is 10.5.